The van der Waals surface area contributed by atoms with E-state index in [1.807, 2.05) is 24.6 Å². The highest BCUT2D eigenvalue weighted by atomic mass is 35.5. The summed E-state index contributed by atoms with van der Waals surface area (Å²) in [4.78, 5) is 4.62. The van der Waals surface area contributed by atoms with Gasteiger partial charge in [0.05, 0.1) is 24.9 Å². The summed E-state index contributed by atoms with van der Waals surface area (Å²) in [5.74, 6) is 1.15. The smallest absolute Gasteiger partial charge is 0.180 e. The van der Waals surface area contributed by atoms with Crippen LogP contribution in [-0.2, 0) is 0 Å². The van der Waals surface area contributed by atoms with Gasteiger partial charge in [-0.3, -0.25) is 0 Å². The van der Waals surface area contributed by atoms with Gasteiger partial charge in [-0.15, -0.1) is 11.3 Å². The minimum atomic E-state index is 0.207. The Morgan fingerprint density at radius 1 is 1.30 bits per heavy atom. The predicted molar refractivity (Wildman–Crippen MR) is 83.1 cm³/mol. The number of aromatic nitrogens is 1. The molecule has 108 valence electrons. The van der Waals surface area contributed by atoms with Gasteiger partial charge in [0.15, 0.2) is 11.5 Å². The van der Waals surface area contributed by atoms with Gasteiger partial charge in [-0.1, -0.05) is 11.6 Å². The fourth-order valence-corrected chi connectivity index (χ4v) is 3.13. The standard InChI is InChI=1S/C14H17ClN2O2S/c1-8(16-2)10-7-20-14(17-10)9-5-6-11(18-3)13(19-4)12(9)15/h5-8,16H,1-4H3. The van der Waals surface area contributed by atoms with Gasteiger partial charge in [0.2, 0.25) is 0 Å². The molecule has 1 aromatic carbocycles. The van der Waals surface area contributed by atoms with Crippen LogP contribution in [0.3, 0.4) is 0 Å². The van der Waals surface area contributed by atoms with E-state index in [0.29, 0.717) is 16.5 Å². The molecule has 0 aliphatic rings. The molecule has 0 aliphatic heterocycles. The third kappa shape index (κ3) is 2.75. The summed E-state index contributed by atoms with van der Waals surface area (Å²) in [6, 6.07) is 3.94. The molecule has 6 heteroatoms. The quantitative estimate of drug-likeness (QED) is 0.913. The molecule has 0 aliphatic carbocycles. The van der Waals surface area contributed by atoms with Crippen molar-refractivity contribution in [3.05, 3.63) is 28.2 Å². The second-order valence-corrected chi connectivity index (χ2v) is 5.49. The molecule has 20 heavy (non-hydrogen) atoms. The first-order valence-corrected chi connectivity index (χ1v) is 7.41. The van der Waals surface area contributed by atoms with E-state index in [4.69, 9.17) is 21.1 Å². The Kier molecular flexibility index (Phi) is 4.86. The molecular formula is C14H17ClN2O2S. The molecule has 1 atom stereocenters. The Morgan fingerprint density at radius 3 is 2.65 bits per heavy atom. The van der Waals surface area contributed by atoms with Crippen LogP contribution in [0.15, 0.2) is 17.5 Å². The highest BCUT2D eigenvalue weighted by molar-refractivity contribution is 7.13. The molecule has 1 heterocycles. The van der Waals surface area contributed by atoms with Crippen LogP contribution >= 0.6 is 22.9 Å². The van der Waals surface area contributed by atoms with Crippen molar-refractivity contribution in [1.82, 2.24) is 10.3 Å². The molecular weight excluding hydrogens is 296 g/mol. The average molecular weight is 313 g/mol. The number of ether oxygens (including phenoxy) is 2. The summed E-state index contributed by atoms with van der Waals surface area (Å²) in [6.45, 7) is 2.06. The number of halogens is 1. The molecule has 0 saturated carbocycles. The van der Waals surface area contributed by atoms with Crippen molar-refractivity contribution in [3.8, 4) is 22.1 Å². The van der Waals surface area contributed by atoms with Crippen molar-refractivity contribution in [1.29, 1.82) is 0 Å². The van der Waals surface area contributed by atoms with E-state index in [-0.39, 0.29) is 6.04 Å². The van der Waals surface area contributed by atoms with Crippen LogP contribution in [-0.4, -0.2) is 26.3 Å². The maximum absolute atomic E-state index is 6.40. The van der Waals surface area contributed by atoms with Gasteiger partial charge in [0, 0.05) is 17.0 Å². The third-order valence-corrected chi connectivity index (χ3v) is 4.38. The van der Waals surface area contributed by atoms with Crippen LogP contribution in [0.25, 0.3) is 10.6 Å². The number of hydrogen-bond donors (Lipinski definition) is 1. The highest BCUT2D eigenvalue weighted by Gasteiger charge is 2.17. The van der Waals surface area contributed by atoms with Crippen LogP contribution < -0.4 is 14.8 Å². The predicted octanol–water partition coefficient (Wildman–Crippen LogP) is 3.76. The zero-order valence-corrected chi connectivity index (χ0v) is 13.4. The molecule has 2 aromatic rings. The van der Waals surface area contributed by atoms with Crippen molar-refractivity contribution >= 4 is 22.9 Å². The van der Waals surface area contributed by atoms with E-state index < -0.39 is 0 Å². The molecule has 1 N–H and O–H groups in total. The molecule has 2 rings (SSSR count). The molecule has 0 bridgehead atoms. The first kappa shape index (κ1) is 15.1. The first-order valence-electron chi connectivity index (χ1n) is 6.15. The van der Waals surface area contributed by atoms with Crippen LogP contribution in [0.4, 0.5) is 0 Å². The number of thiazole rings is 1. The van der Waals surface area contributed by atoms with Crippen LogP contribution in [0.1, 0.15) is 18.7 Å². The normalized spacial score (nSPS) is 12.2. The second kappa shape index (κ2) is 6.43. The van der Waals surface area contributed by atoms with Gasteiger partial charge in [0.1, 0.15) is 5.01 Å². The molecule has 1 unspecified atom stereocenters. The first-order chi connectivity index (χ1) is 9.62. The zero-order valence-electron chi connectivity index (χ0n) is 11.9. The van der Waals surface area contributed by atoms with Crippen molar-refractivity contribution in [3.63, 3.8) is 0 Å². The van der Waals surface area contributed by atoms with Gasteiger partial charge >= 0.3 is 0 Å². The summed E-state index contributed by atoms with van der Waals surface area (Å²) in [6.07, 6.45) is 0. The van der Waals surface area contributed by atoms with Gasteiger partial charge < -0.3 is 14.8 Å². The Morgan fingerprint density at radius 2 is 2.05 bits per heavy atom. The lowest BCUT2D eigenvalue weighted by molar-refractivity contribution is 0.355. The molecule has 1 aromatic heterocycles. The fraction of sp³-hybridized carbons (Fsp3) is 0.357. The van der Waals surface area contributed by atoms with Gasteiger partial charge in [-0.05, 0) is 26.1 Å². The molecule has 0 fully saturated rings. The largest absolute Gasteiger partial charge is 0.493 e. The third-order valence-electron chi connectivity index (χ3n) is 3.11. The summed E-state index contributed by atoms with van der Waals surface area (Å²) < 4.78 is 10.5. The second-order valence-electron chi connectivity index (χ2n) is 4.25. The van der Waals surface area contributed by atoms with Crippen LogP contribution in [0.5, 0.6) is 11.5 Å². The monoisotopic (exact) mass is 312 g/mol. The summed E-state index contributed by atoms with van der Waals surface area (Å²) in [7, 11) is 5.07. The summed E-state index contributed by atoms with van der Waals surface area (Å²) >= 11 is 7.96. The minimum Gasteiger partial charge on any atom is -0.493 e. The molecule has 0 amide bonds. The number of hydrogen-bond acceptors (Lipinski definition) is 5. The molecule has 0 saturated heterocycles. The maximum Gasteiger partial charge on any atom is 0.180 e. The van der Waals surface area contributed by atoms with Crippen molar-refractivity contribution in [2.75, 3.05) is 21.3 Å². The Bertz CT molecular complexity index is 601. The number of nitrogens with zero attached hydrogens (tertiary/aromatic N) is 1. The minimum absolute atomic E-state index is 0.207. The van der Waals surface area contributed by atoms with Crippen LogP contribution in [0.2, 0.25) is 5.02 Å². The molecule has 0 spiro atoms. The van der Waals surface area contributed by atoms with Gasteiger partial charge in [-0.25, -0.2) is 4.98 Å². The molecule has 4 nitrogen and oxygen atoms in total. The van der Waals surface area contributed by atoms with E-state index >= 15 is 0 Å². The lowest BCUT2D eigenvalue weighted by Gasteiger charge is -2.11. The summed E-state index contributed by atoms with van der Waals surface area (Å²) in [5.41, 5.74) is 1.85. The summed E-state index contributed by atoms with van der Waals surface area (Å²) in [5, 5.41) is 6.59. The molecule has 0 radical (unpaired) electrons. The lowest BCUT2D eigenvalue weighted by Crippen LogP contribution is -2.12. The zero-order chi connectivity index (χ0) is 14.7. The van der Waals surface area contributed by atoms with E-state index in [2.05, 4.69) is 17.2 Å². The number of benzene rings is 1. The lowest BCUT2D eigenvalue weighted by atomic mass is 10.2. The number of nitrogens with one attached hydrogen (secondary N) is 1. The SMILES string of the molecule is CNC(C)c1csc(-c2ccc(OC)c(OC)c2Cl)n1. The number of rotatable bonds is 5. The van der Waals surface area contributed by atoms with E-state index in [1.54, 1.807) is 25.6 Å². The van der Waals surface area contributed by atoms with E-state index in [1.165, 1.54) is 0 Å². The topological polar surface area (TPSA) is 43.4 Å². The van der Waals surface area contributed by atoms with Crippen molar-refractivity contribution < 1.29 is 9.47 Å². The Hall–Kier alpha value is -1.30. The van der Waals surface area contributed by atoms with Gasteiger partial charge in [-0.2, -0.15) is 0 Å². The van der Waals surface area contributed by atoms with Crippen molar-refractivity contribution in [2.24, 2.45) is 0 Å². The van der Waals surface area contributed by atoms with Crippen molar-refractivity contribution in [2.45, 2.75) is 13.0 Å². The fourth-order valence-electron chi connectivity index (χ4n) is 1.81. The van der Waals surface area contributed by atoms with Crippen LogP contribution in [0, 0.1) is 0 Å². The number of methoxy groups -OCH3 is 2. The average Bonchev–Trinajstić information content (AvgIpc) is 2.95. The van der Waals surface area contributed by atoms with Gasteiger partial charge in [0.25, 0.3) is 0 Å². The maximum atomic E-state index is 6.40. The highest BCUT2D eigenvalue weighted by Crippen LogP contribution is 2.42. The Balaban J connectivity index is 2.45. The van der Waals surface area contributed by atoms with E-state index in [9.17, 15) is 0 Å². The Labute approximate surface area is 127 Å². The van der Waals surface area contributed by atoms with E-state index in [0.717, 1.165) is 16.3 Å².